The highest BCUT2D eigenvalue weighted by molar-refractivity contribution is 5.81. The molecule has 0 unspecified atom stereocenters. The van der Waals surface area contributed by atoms with Gasteiger partial charge in [-0.15, -0.1) is 0 Å². The van der Waals surface area contributed by atoms with Crippen molar-refractivity contribution in [1.82, 2.24) is 10.3 Å². The lowest BCUT2D eigenvalue weighted by atomic mass is 9.72. The van der Waals surface area contributed by atoms with Crippen LogP contribution < -0.4 is 0 Å². The van der Waals surface area contributed by atoms with E-state index in [0.717, 1.165) is 6.42 Å². The summed E-state index contributed by atoms with van der Waals surface area (Å²) in [6, 6.07) is 2.77. The number of rotatable bonds is 12. The van der Waals surface area contributed by atoms with Gasteiger partial charge >= 0.3 is 0 Å². The molecule has 0 fully saturated rings. The van der Waals surface area contributed by atoms with Crippen LogP contribution in [0.4, 0.5) is 0 Å². The van der Waals surface area contributed by atoms with Crippen LogP contribution >= 0.6 is 0 Å². The van der Waals surface area contributed by atoms with Crippen LogP contribution in [0.2, 0.25) is 0 Å². The van der Waals surface area contributed by atoms with E-state index in [2.05, 4.69) is 31.1 Å². The van der Waals surface area contributed by atoms with Crippen LogP contribution in [-0.2, 0) is 9.59 Å². The highest BCUT2D eigenvalue weighted by Gasteiger charge is 2.38. The molecule has 0 saturated carbocycles. The molecule has 0 aromatic carbocycles. The number of nitrogens with zero attached hydrogens (tertiary/aromatic N) is 2. The Balaban J connectivity index is 1.91. The number of carbonyl (C=O) groups excluding carboxylic acids is 2. The maximum absolute atomic E-state index is 12.4. The van der Waals surface area contributed by atoms with Crippen LogP contribution in [0.5, 0.6) is 11.8 Å². The van der Waals surface area contributed by atoms with Crippen LogP contribution in [0.3, 0.4) is 0 Å². The van der Waals surface area contributed by atoms with Crippen molar-refractivity contribution in [3.63, 3.8) is 0 Å². The van der Waals surface area contributed by atoms with Gasteiger partial charge in [0, 0.05) is 37.8 Å². The number of hydrogen-bond donors (Lipinski definition) is 2. The molecule has 0 amide bonds. The van der Waals surface area contributed by atoms with Gasteiger partial charge in [0.05, 0.1) is 5.92 Å². The van der Waals surface area contributed by atoms with Gasteiger partial charge in [-0.25, -0.2) is 0 Å². The van der Waals surface area contributed by atoms with Gasteiger partial charge in [-0.2, -0.15) is 0 Å². The third-order valence-electron chi connectivity index (χ3n) is 5.50. The lowest BCUT2D eigenvalue weighted by Gasteiger charge is -2.30. The zero-order valence-electron chi connectivity index (χ0n) is 19.1. The summed E-state index contributed by atoms with van der Waals surface area (Å²) in [5.74, 6) is 0.000278. The number of aromatic nitrogens is 2. The molecule has 0 radical (unpaired) electrons. The number of hydrogen-bond acceptors (Lipinski definition) is 8. The number of carbonyl (C=O) groups is 2. The first-order chi connectivity index (χ1) is 14.4. The fourth-order valence-corrected chi connectivity index (χ4v) is 3.59. The molecule has 2 N–H and O–H groups in total. The van der Waals surface area contributed by atoms with Crippen LogP contribution in [-0.4, -0.2) is 32.1 Å². The lowest BCUT2D eigenvalue weighted by Crippen LogP contribution is -2.24. The first kappa shape index (κ1) is 24.6. The summed E-state index contributed by atoms with van der Waals surface area (Å²) in [4.78, 5) is 24.4. The molecule has 0 atom stereocenters. The van der Waals surface area contributed by atoms with Crippen LogP contribution in [0.25, 0.3) is 0 Å². The van der Waals surface area contributed by atoms with Gasteiger partial charge in [0.2, 0.25) is 0 Å². The van der Waals surface area contributed by atoms with E-state index in [-0.39, 0.29) is 28.7 Å². The smallest absolute Gasteiger partial charge is 0.251 e. The van der Waals surface area contributed by atoms with Crippen molar-refractivity contribution in [1.29, 1.82) is 0 Å². The zero-order chi connectivity index (χ0) is 23.2. The summed E-state index contributed by atoms with van der Waals surface area (Å²) in [5, 5.41) is 26.2. The Morgan fingerprint density at radius 3 is 1.68 bits per heavy atom. The van der Waals surface area contributed by atoms with Crippen LogP contribution in [0.15, 0.2) is 21.2 Å². The van der Waals surface area contributed by atoms with Crippen LogP contribution in [0.1, 0.15) is 97.0 Å². The van der Waals surface area contributed by atoms with E-state index in [4.69, 9.17) is 9.05 Å². The first-order valence-corrected chi connectivity index (χ1v) is 10.7. The van der Waals surface area contributed by atoms with Crippen molar-refractivity contribution in [3.05, 3.63) is 23.7 Å². The zero-order valence-corrected chi connectivity index (χ0v) is 19.1. The maximum atomic E-state index is 12.4. The standard InChI is InChI=1S/C23H34N2O6/c1-22(2,3)11-9-15(26)7-6-8-16(27)10-12-23(4,5)21(17-13-19(28)24-30-17)18-14-20(29)25-31-18/h13-14,21H,6-12H2,1-5H3,(H,24,28)(H,25,29). The van der Waals surface area contributed by atoms with Gasteiger partial charge < -0.3 is 19.3 Å². The number of aromatic hydroxyl groups is 2. The normalized spacial score (nSPS) is 12.5. The molecule has 0 spiro atoms. The van der Waals surface area contributed by atoms with Gasteiger partial charge in [0.1, 0.15) is 11.6 Å². The van der Waals surface area contributed by atoms with E-state index in [9.17, 15) is 19.8 Å². The largest absolute Gasteiger partial charge is 0.491 e. The molecule has 0 bridgehead atoms. The molecule has 2 aromatic heterocycles. The minimum atomic E-state index is -0.518. The molecule has 2 rings (SSSR count). The fraction of sp³-hybridized carbons (Fsp3) is 0.652. The van der Waals surface area contributed by atoms with Crippen molar-refractivity contribution in [2.24, 2.45) is 10.8 Å². The molecule has 8 heteroatoms. The minimum absolute atomic E-state index is 0.0938. The summed E-state index contributed by atoms with van der Waals surface area (Å²) < 4.78 is 10.5. The lowest BCUT2D eigenvalue weighted by molar-refractivity contribution is -0.121. The Labute approximate surface area is 183 Å². The second kappa shape index (κ2) is 10.1. The van der Waals surface area contributed by atoms with Crippen molar-refractivity contribution in [3.8, 4) is 11.8 Å². The fourth-order valence-electron chi connectivity index (χ4n) is 3.59. The third-order valence-corrected chi connectivity index (χ3v) is 5.50. The van der Waals surface area contributed by atoms with Crippen molar-refractivity contribution in [2.75, 3.05) is 0 Å². The predicted octanol–water partition coefficient (Wildman–Crippen LogP) is 5.15. The Bertz CT molecular complexity index is 835. The Morgan fingerprint density at radius 1 is 0.839 bits per heavy atom. The molecule has 0 aliphatic heterocycles. The van der Waals surface area contributed by atoms with Gasteiger partial charge in [0.15, 0.2) is 11.5 Å². The quantitative estimate of drug-likeness (QED) is 0.470. The first-order valence-electron chi connectivity index (χ1n) is 10.7. The monoisotopic (exact) mass is 434 g/mol. The number of ketones is 2. The third kappa shape index (κ3) is 7.84. The van der Waals surface area contributed by atoms with Crippen molar-refractivity contribution >= 4 is 11.6 Å². The average Bonchev–Trinajstić information content (AvgIpc) is 3.26. The van der Waals surface area contributed by atoms with E-state index in [1.165, 1.54) is 12.1 Å². The van der Waals surface area contributed by atoms with E-state index >= 15 is 0 Å². The topological polar surface area (TPSA) is 127 Å². The molecule has 172 valence electrons. The summed E-state index contributed by atoms with van der Waals surface area (Å²) in [6.45, 7) is 10.2. The molecular weight excluding hydrogens is 400 g/mol. The van der Waals surface area contributed by atoms with E-state index in [0.29, 0.717) is 50.0 Å². The van der Waals surface area contributed by atoms with Gasteiger partial charge in [-0.1, -0.05) is 34.6 Å². The van der Waals surface area contributed by atoms with Crippen molar-refractivity contribution < 1.29 is 28.8 Å². The number of Topliss-reactive ketones (excluding diaryl/α,β-unsaturated/α-hetero) is 2. The molecule has 0 aliphatic rings. The van der Waals surface area contributed by atoms with Gasteiger partial charge in [0.25, 0.3) is 11.8 Å². The Kier molecular flexibility index (Phi) is 8.03. The van der Waals surface area contributed by atoms with E-state index in [1.54, 1.807) is 0 Å². The maximum Gasteiger partial charge on any atom is 0.251 e. The predicted molar refractivity (Wildman–Crippen MR) is 114 cm³/mol. The molecule has 8 nitrogen and oxygen atoms in total. The summed E-state index contributed by atoms with van der Waals surface area (Å²) in [7, 11) is 0. The second-order valence-corrected chi connectivity index (χ2v) is 10.1. The SMILES string of the molecule is CC(C)(C)CCC(=O)CCCC(=O)CCC(C)(C)C(c1cc(O)no1)c1cc(O)no1. The average molecular weight is 435 g/mol. The highest BCUT2D eigenvalue weighted by atomic mass is 16.5. The molecule has 0 aliphatic carbocycles. The highest BCUT2D eigenvalue weighted by Crippen LogP contribution is 2.45. The molecule has 31 heavy (non-hydrogen) atoms. The van der Waals surface area contributed by atoms with Crippen molar-refractivity contribution in [2.45, 2.75) is 85.5 Å². The van der Waals surface area contributed by atoms with Gasteiger partial charge in [-0.3, -0.25) is 9.59 Å². The minimum Gasteiger partial charge on any atom is -0.491 e. The Morgan fingerprint density at radius 2 is 1.29 bits per heavy atom. The summed E-state index contributed by atoms with van der Waals surface area (Å²) >= 11 is 0. The summed E-state index contributed by atoms with van der Waals surface area (Å²) in [6.07, 6.45) is 3.62. The van der Waals surface area contributed by atoms with Gasteiger partial charge in [-0.05, 0) is 40.4 Å². The van der Waals surface area contributed by atoms with E-state index in [1.807, 2.05) is 13.8 Å². The van der Waals surface area contributed by atoms with E-state index < -0.39 is 11.3 Å². The second-order valence-electron chi connectivity index (χ2n) is 10.1. The molecule has 2 heterocycles. The Hall–Kier alpha value is -2.64. The summed E-state index contributed by atoms with van der Waals surface area (Å²) in [5.41, 5.74) is -0.385. The molecular formula is C23H34N2O6. The van der Waals surface area contributed by atoms with Crippen LogP contribution in [0, 0.1) is 10.8 Å². The molecule has 2 aromatic rings. The molecule has 0 saturated heterocycles.